The maximum atomic E-state index is 12.5. The highest BCUT2D eigenvalue weighted by Crippen LogP contribution is 2.25. The molecule has 0 spiro atoms. The first kappa shape index (κ1) is 23.2. The predicted octanol–water partition coefficient (Wildman–Crippen LogP) is 2.65. The van der Waals surface area contributed by atoms with Crippen molar-refractivity contribution in [3.63, 3.8) is 0 Å². The molecule has 1 heterocycles. The van der Waals surface area contributed by atoms with Gasteiger partial charge in [-0.1, -0.05) is 41.4 Å². The minimum absolute atomic E-state index is 0.0999. The zero-order chi connectivity index (χ0) is 23.1. The van der Waals surface area contributed by atoms with Crippen LogP contribution < -0.4 is 10.6 Å². The largest absolute Gasteiger partial charge is 0.452 e. The van der Waals surface area contributed by atoms with Crippen LogP contribution >= 0.6 is 23.2 Å². The van der Waals surface area contributed by atoms with E-state index >= 15 is 0 Å². The van der Waals surface area contributed by atoms with Crippen molar-refractivity contribution in [3.05, 3.63) is 70.0 Å². The molecule has 0 aliphatic carbocycles. The number of para-hydroxylation sites is 1. The van der Waals surface area contributed by atoms with E-state index in [2.05, 4.69) is 26.2 Å². The van der Waals surface area contributed by atoms with Crippen LogP contribution in [0.3, 0.4) is 0 Å². The van der Waals surface area contributed by atoms with E-state index < -0.39 is 24.4 Å². The number of halogens is 2. The quantitative estimate of drug-likeness (QED) is 0.478. The van der Waals surface area contributed by atoms with E-state index in [1.165, 1.54) is 17.1 Å². The summed E-state index contributed by atoms with van der Waals surface area (Å²) >= 11 is 11.9. The number of carbonyl (C=O) groups is 3. The number of carbonyl (C=O) groups excluding carboxylic acids is 3. The van der Waals surface area contributed by atoms with Gasteiger partial charge < -0.3 is 15.4 Å². The summed E-state index contributed by atoms with van der Waals surface area (Å²) < 4.78 is 6.34. The molecule has 0 saturated carbocycles. The number of ether oxygens (including phenoxy) is 1. The zero-order valence-corrected chi connectivity index (χ0v) is 18.3. The van der Waals surface area contributed by atoms with E-state index in [9.17, 15) is 14.4 Å². The van der Waals surface area contributed by atoms with Gasteiger partial charge in [0.2, 0.25) is 5.91 Å². The second-order valence-electron chi connectivity index (χ2n) is 6.64. The Hall–Kier alpha value is -3.50. The molecule has 3 aromatic rings. The molecule has 1 unspecified atom stereocenters. The second-order valence-corrected chi connectivity index (χ2v) is 7.45. The molecule has 0 bridgehead atoms. The predicted molar refractivity (Wildman–Crippen MR) is 116 cm³/mol. The third-order valence-electron chi connectivity index (χ3n) is 4.27. The van der Waals surface area contributed by atoms with Gasteiger partial charge in [-0.15, -0.1) is 5.10 Å². The molecule has 0 radical (unpaired) electrons. The lowest BCUT2D eigenvalue weighted by Gasteiger charge is -2.15. The van der Waals surface area contributed by atoms with Crippen molar-refractivity contribution in [3.8, 4) is 0 Å². The van der Waals surface area contributed by atoms with Gasteiger partial charge in [-0.2, -0.15) is 0 Å². The van der Waals surface area contributed by atoms with Crippen LogP contribution in [0.25, 0.3) is 0 Å². The van der Waals surface area contributed by atoms with Gasteiger partial charge >= 0.3 is 5.97 Å². The van der Waals surface area contributed by atoms with Crippen molar-refractivity contribution >= 4 is 46.7 Å². The Morgan fingerprint density at radius 3 is 2.59 bits per heavy atom. The molecule has 166 valence electrons. The lowest BCUT2D eigenvalue weighted by Crippen LogP contribution is -2.31. The molecule has 2 N–H and O–H groups in total. The van der Waals surface area contributed by atoms with E-state index in [4.69, 9.17) is 27.9 Å². The lowest BCUT2D eigenvalue weighted by atomic mass is 10.1. The summed E-state index contributed by atoms with van der Waals surface area (Å²) in [4.78, 5) is 36.9. The number of rotatable bonds is 8. The topological polar surface area (TPSA) is 128 Å². The lowest BCUT2D eigenvalue weighted by molar-refractivity contribution is -0.125. The molecular weight excluding hydrogens is 459 g/mol. The number of esters is 1. The molecule has 1 aromatic heterocycles. The van der Waals surface area contributed by atoms with Crippen LogP contribution in [-0.2, 0) is 20.9 Å². The number of aromatic nitrogens is 4. The molecule has 0 saturated heterocycles. The summed E-state index contributed by atoms with van der Waals surface area (Å²) in [5.41, 5.74) is 1.08. The van der Waals surface area contributed by atoms with E-state index in [1.807, 2.05) is 0 Å². The summed E-state index contributed by atoms with van der Waals surface area (Å²) in [5.74, 6) is -1.71. The SMILES string of the molecule is CC(NC(=O)COC(=O)c1ccccc1NC(=O)Cn1cnnn1)c1ccc(Cl)c(Cl)c1. The third-order valence-corrected chi connectivity index (χ3v) is 5.01. The van der Waals surface area contributed by atoms with Crippen LogP contribution in [-0.4, -0.2) is 44.6 Å². The molecular formula is C20H18Cl2N6O4. The third kappa shape index (κ3) is 6.25. The monoisotopic (exact) mass is 476 g/mol. The highest BCUT2D eigenvalue weighted by Gasteiger charge is 2.17. The fraction of sp³-hybridized carbons (Fsp3) is 0.200. The average Bonchev–Trinajstić information content (AvgIpc) is 3.27. The fourth-order valence-electron chi connectivity index (χ4n) is 2.72. The maximum Gasteiger partial charge on any atom is 0.340 e. The van der Waals surface area contributed by atoms with Crippen molar-refractivity contribution in [2.75, 3.05) is 11.9 Å². The second kappa shape index (κ2) is 10.7. The Labute approximate surface area is 192 Å². The van der Waals surface area contributed by atoms with Crippen molar-refractivity contribution < 1.29 is 19.1 Å². The van der Waals surface area contributed by atoms with Crippen LogP contribution in [0.1, 0.15) is 28.9 Å². The Balaban J connectivity index is 1.55. The minimum Gasteiger partial charge on any atom is -0.452 e. The van der Waals surface area contributed by atoms with Crippen LogP contribution in [0, 0.1) is 0 Å². The summed E-state index contributed by atoms with van der Waals surface area (Å²) in [7, 11) is 0. The first-order valence-corrected chi connectivity index (χ1v) is 10.1. The molecule has 1 atom stereocenters. The highest BCUT2D eigenvalue weighted by molar-refractivity contribution is 6.42. The van der Waals surface area contributed by atoms with Gasteiger partial charge in [-0.3, -0.25) is 9.59 Å². The van der Waals surface area contributed by atoms with Gasteiger partial charge in [0.15, 0.2) is 6.61 Å². The molecule has 0 fully saturated rings. The molecule has 32 heavy (non-hydrogen) atoms. The fourth-order valence-corrected chi connectivity index (χ4v) is 3.02. The Kier molecular flexibility index (Phi) is 7.74. The number of amides is 2. The number of tetrazole rings is 1. The van der Waals surface area contributed by atoms with E-state index in [0.29, 0.717) is 10.0 Å². The van der Waals surface area contributed by atoms with Crippen molar-refractivity contribution in [1.29, 1.82) is 0 Å². The minimum atomic E-state index is -0.763. The smallest absolute Gasteiger partial charge is 0.340 e. The Bertz CT molecular complexity index is 1120. The number of hydrogen-bond donors (Lipinski definition) is 2. The van der Waals surface area contributed by atoms with Gasteiger partial charge in [0.05, 0.1) is 27.3 Å². The number of benzene rings is 2. The number of anilines is 1. The van der Waals surface area contributed by atoms with Gasteiger partial charge in [-0.05, 0) is 47.2 Å². The van der Waals surface area contributed by atoms with Crippen LogP contribution in [0.4, 0.5) is 5.69 Å². The summed E-state index contributed by atoms with van der Waals surface area (Å²) in [5, 5.41) is 16.6. The van der Waals surface area contributed by atoms with Gasteiger partial charge in [-0.25, -0.2) is 9.48 Å². The molecule has 10 nitrogen and oxygen atoms in total. The summed E-state index contributed by atoms with van der Waals surface area (Å²) in [6.45, 7) is 1.12. The number of nitrogens with zero attached hydrogens (tertiary/aromatic N) is 4. The van der Waals surface area contributed by atoms with Gasteiger partial charge in [0, 0.05) is 0 Å². The first-order valence-electron chi connectivity index (χ1n) is 9.34. The molecule has 0 aliphatic rings. The van der Waals surface area contributed by atoms with Crippen molar-refractivity contribution in [2.24, 2.45) is 0 Å². The Morgan fingerprint density at radius 1 is 1.09 bits per heavy atom. The van der Waals surface area contributed by atoms with Gasteiger partial charge in [0.25, 0.3) is 5.91 Å². The summed E-state index contributed by atoms with van der Waals surface area (Å²) in [6.07, 6.45) is 1.29. The van der Waals surface area contributed by atoms with E-state index in [0.717, 1.165) is 5.56 Å². The molecule has 3 rings (SSSR count). The van der Waals surface area contributed by atoms with Crippen molar-refractivity contribution in [2.45, 2.75) is 19.5 Å². The Morgan fingerprint density at radius 2 is 1.88 bits per heavy atom. The van der Waals surface area contributed by atoms with E-state index in [1.54, 1.807) is 43.3 Å². The van der Waals surface area contributed by atoms with E-state index in [-0.39, 0.29) is 23.8 Å². The molecule has 2 amide bonds. The van der Waals surface area contributed by atoms with Crippen molar-refractivity contribution in [1.82, 2.24) is 25.5 Å². The standard InChI is InChI=1S/C20H18Cl2N6O4/c1-12(13-6-7-15(21)16(22)8-13)24-19(30)10-32-20(31)14-4-2-3-5-17(14)25-18(29)9-28-11-23-26-27-28/h2-8,11-12H,9-10H2,1H3,(H,24,30)(H,25,29). The highest BCUT2D eigenvalue weighted by atomic mass is 35.5. The number of nitrogens with one attached hydrogen (secondary N) is 2. The van der Waals surface area contributed by atoms with Crippen LogP contribution in [0.5, 0.6) is 0 Å². The number of hydrogen-bond acceptors (Lipinski definition) is 7. The zero-order valence-electron chi connectivity index (χ0n) is 16.8. The molecule has 12 heteroatoms. The summed E-state index contributed by atoms with van der Waals surface area (Å²) in [6, 6.07) is 10.9. The van der Waals surface area contributed by atoms with Crippen LogP contribution in [0.2, 0.25) is 10.0 Å². The van der Waals surface area contributed by atoms with Gasteiger partial charge in [0.1, 0.15) is 12.9 Å². The first-order chi connectivity index (χ1) is 15.3. The normalized spacial score (nSPS) is 11.5. The molecule has 0 aliphatic heterocycles. The maximum absolute atomic E-state index is 12.5. The molecule has 2 aromatic carbocycles. The average molecular weight is 477 g/mol. The van der Waals surface area contributed by atoms with Crippen LogP contribution in [0.15, 0.2) is 48.8 Å².